The van der Waals surface area contributed by atoms with Crippen molar-refractivity contribution in [2.45, 2.75) is 116 Å². The monoisotopic (exact) mass is 685 g/mol. The number of Topliss-reactive ketones (excluding diaryl/α,β-unsaturated/α-hetero) is 1. The van der Waals surface area contributed by atoms with Gasteiger partial charge in [-0.2, -0.15) is 0 Å². The van der Waals surface area contributed by atoms with Gasteiger partial charge in [-0.3, -0.25) is 24.0 Å². The number of likely N-dealkylation sites (tertiary alicyclic amines) is 1. The molecule has 1 aromatic carbocycles. The number of carboxylic acid groups (broad SMARTS) is 1. The number of hydrogen-bond donors (Lipinski definition) is 5. The molecular weight excluding hydrogens is 634 g/mol. The largest absolute Gasteiger partial charge is 0.479 e. The summed E-state index contributed by atoms with van der Waals surface area (Å²) in [5.74, 6) is -5.18. The lowest BCUT2D eigenvalue weighted by molar-refractivity contribution is -0.145. The summed E-state index contributed by atoms with van der Waals surface area (Å²) in [6, 6.07) is 3.34. The van der Waals surface area contributed by atoms with Crippen molar-refractivity contribution >= 4 is 41.5 Å². The van der Waals surface area contributed by atoms with Crippen LogP contribution >= 0.6 is 0 Å². The first-order valence-electron chi connectivity index (χ1n) is 17.3. The molecule has 1 heterocycles. The fourth-order valence-corrected chi connectivity index (χ4v) is 6.41. The second-order valence-corrected chi connectivity index (χ2v) is 13.3. The van der Waals surface area contributed by atoms with Crippen molar-refractivity contribution in [3.63, 3.8) is 0 Å². The molecule has 2 fully saturated rings. The number of carboxylic acids is 1. The Balaban J connectivity index is 1.67. The van der Waals surface area contributed by atoms with Crippen LogP contribution in [0.1, 0.15) is 97.1 Å². The second-order valence-electron chi connectivity index (χ2n) is 13.3. The number of carbonyl (C=O) groups excluding carboxylic acids is 6. The summed E-state index contributed by atoms with van der Waals surface area (Å²) in [6.07, 6.45) is 5.15. The van der Waals surface area contributed by atoms with Crippen LogP contribution in [0.5, 0.6) is 0 Å². The quantitative estimate of drug-likeness (QED) is 0.162. The molecule has 1 saturated heterocycles. The number of carbonyl (C=O) groups is 7. The number of ether oxygens (including phenoxy) is 1. The number of hydrogen-bond acceptors (Lipinski definition) is 8. The Hall–Kier alpha value is -4.49. The molecule has 2 unspecified atom stereocenters. The number of nitrogens with one attached hydrogen (secondary N) is 4. The smallest absolute Gasteiger partial charge is 0.407 e. The van der Waals surface area contributed by atoms with Crippen LogP contribution < -0.4 is 21.3 Å². The molecule has 14 nitrogen and oxygen atoms in total. The van der Waals surface area contributed by atoms with Crippen molar-refractivity contribution in [1.82, 2.24) is 26.2 Å². The van der Waals surface area contributed by atoms with Crippen molar-refractivity contribution in [2.24, 2.45) is 11.8 Å². The lowest BCUT2D eigenvalue weighted by atomic mass is 9.83. The third kappa shape index (κ3) is 11.3. The Morgan fingerprint density at radius 3 is 2.20 bits per heavy atom. The van der Waals surface area contributed by atoms with Crippen molar-refractivity contribution in [3.8, 4) is 0 Å². The lowest BCUT2D eigenvalue weighted by Gasteiger charge is -2.36. The molecule has 5 amide bonds. The summed E-state index contributed by atoms with van der Waals surface area (Å²) in [6.45, 7) is 6.97. The van der Waals surface area contributed by atoms with Crippen LogP contribution in [-0.4, -0.2) is 88.8 Å². The highest BCUT2D eigenvalue weighted by Crippen LogP contribution is 2.31. The van der Waals surface area contributed by atoms with Crippen molar-refractivity contribution < 1.29 is 43.4 Å². The Morgan fingerprint density at radius 2 is 1.59 bits per heavy atom. The fourth-order valence-electron chi connectivity index (χ4n) is 6.41. The predicted octanol–water partition coefficient (Wildman–Crippen LogP) is 2.61. The number of benzene rings is 1. The third-order valence-corrected chi connectivity index (χ3v) is 8.96. The van der Waals surface area contributed by atoms with Gasteiger partial charge in [0.05, 0.1) is 19.2 Å². The van der Waals surface area contributed by atoms with Gasteiger partial charge < -0.3 is 36.0 Å². The molecule has 1 aliphatic heterocycles. The number of alkyl carbamates (subject to hydrolysis) is 1. The van der Waals surface area contributed by atoms with E-state index in [2.05, 4.69) is 21.3 Å². The van der Waals surface area contributed by atoms with Crippen LogP contribution in [0.15, 0.2) is 30.3 Å². The minimum atomic E-state index is -1.36. The molecule has 270 valence electrons. The molecule has 0 spiro atoms. The topological polar surface area (TPSA) is 200 Å². The van der Waals surface area contributed by atoms with E-state index < -0.39 is 66.3 Å². The molecule has 3 rings (SSSR count). The summed E-state index contributed by atoms with van der Waals surface area (Å²) in [7, 11) is 0. The van der Waals surface area contributed by atoms with Gasteiger partial charge in [0.15, 0.2) is 6.04 Å². The Morgan fingerprint density at radius 1 is 0.918 bits per heavy atom. The van der Waals surface area contributed by atoms with E-state index in [4.69, 9.17) is 4.74 Å². The summed E-state index contributed by atoms with van der Waals surface area (Å²) in [4.78, 5) is 92.2. The standard InChI is InChI=1S/C35H51N5O9/c1-5-12-25(30(42)32(44)36-19-27(41)38-29(34(46)47)24-15-10-7-11-16-24)37-31(43)26-18-17-22(4)40(26)33(45)28(23-13-8-6-9-14-23)39-35(48)49-20-21(2)3/h7,10-11,15-16,21-23,25-26,28-29H,5-6,8-9,12-14,17-20H2,1-4H3,(H,36,44)(H,37,43)(H,38,41)(H,39,48)(H,46,47)/t22-,25?,26+,28+,29?/m1/s1. The van der Waals surface area contributed by atoms with Gasteiger partial charge in [0.25, 0.3) is 5.91 Å². The predicted molar refractivity (Wildman–Crippen MR) is 179 cm³/mol. The van der Waals surface area contributed by atoms with Crippen LogP contribution in [0, 0.1) is 11.8 Å². The van der Waals surface area contributed by atoms with E-state index >= 15 is 0 Å². The SMILES string of the molecule is CCCC(NC(=O)[C@@H]1CC[C@@H](C)N1C(=O)[C@@H](NC(=O)OCC(C)C)C1CCCCC1)C(=O)C(=O)NCC(=O)NC(C(=O)O)c1ccccc1. The number of ketones is 1. The van der Waals surface area contributed by atoms with Crippen LogP contribution in [0.4, 0.5) is 4.79 Å². The van der Waals surface area contributed by atoms with E-state index in [-0.39, 0.29) is 36.8 Å². The number of rotatable bonds is 16. The second kappa shape index (κ2) is 18.9. The molecule has 5 atom stereocenters. The van der Waals surface area contributed by atoms with Gasteiger partial charge in [0.2, 0.25) is 23.5 Å². The maximum Gasteiger partial charge on any atom is 0.407 e. The Labute approximate surface area is 287 Å². The number of amides is 5. The van der Waals surface area contributed by atoms with Gasteiger partial charge in [-0.1, -0.05) is 76.8 Å². The first-order valence-corrected chi connectivity index (χ1v) is 17.3. The van der Waals surface area contributed by atoms with E-state index in [1.165, 1.54) is 17.0 Å². The molecular formula is C35H51N5O9. The number of aliphatic carboxylic acids is 1. The van der Waals surface area contributed by atoms with Crippen molar-refractivity contribution in [2.75, 3.05) is 13.2 Å². The highest BCUT2D eigenvalue weighted by atomic mass is 16.5. The molecule has 0 radical (unpaired) electrons. The average Bonchev–Trinajstić information content (AvgIpc) is 3.48. The normalized spacial score (nSPS) is 19.7. The molecule has 0 bridgehead atoms. The van der Waals surface area contributed by atoms with E-state index in [1.807, 2.05) is 20.8 Å². The Bertz CT molecular complexity index is 1330. The number of nitrogens with zero attached hydrogens (tertiary/aromatic N) is 1. The summed E-state index contributed by atoms with van der Waals surface area (Å²) in [5, 5.41) is 19.5. The molecule has 5 N–H and O–H groups in total. The maximum atomic E-state index is 14.1. The highest BCUT2D eigenvalue weighted by Gasteiger charge is 2.44. The summed E-state index contributed by atoms with van der Waals surface area (Å²) >= 11 is 0. The molecule has 1 aromatic rings. The molecule has 0 aromatic heterocycles. The van der Waals surface area contributed by atoms with Gasteiger partial charge in [0, 0.05) is 6.04 Å². The minimum absolute atomic E-state index is 0.113. The van der Waals surface area contributed by atoms with E-state index in [0.717, 1.165) is 32.1 Å². The average molecular weight is 686 g/mol. The van der Waals surface area contributed by atoms with E-state index in [0.29, 0.717) is 24.8 Å². The van der Waals surface area contributed by atoms with Gasteiger partial charge in [-0.05, 0) is 56.4 Å². The zero-order valence-electron chi connectivity index (χ0n) is 28.9. The van der Waals surface area contributed by atoms with E-state index in [1.54, 1.807) is 25.1 Å². The van der Waals surface area contributed by atoms with Crippen LogP contribution in [-0.2, 0) is 33.5 Å². The van der Waals surface area contributed by atoms with Crippen molar-refractivity contribution in [1.29, 1.82) is 0 Å². The molecule has 2 aliphatic rings. The maximum absolute atomic E-state index is 14.1. The molecule has 14 heteroatoms. The zero-order chi connectivity index (χ0) is 36.1. The molecule has 49 heavy (non-hydrogen) atoms. The highest BCUT2D eigenvalue weighted by molar-refractivity contribution is 6.38. The first-order chi connectivity index (χ1) is 23.3. The van der Waals surface area contributed by atoms with Gasteiger partial charge in [0.1, 0.15) is 12.1 Å². The van der Waals surface area contributed by atoms with Crippen LogP contribution in [0.25, 0.3) is 0 Å². The third-order valence-electron chi connectivity index (χ3n) is 8.96. The minimum Gasteiger partial charge on any atom is -0.479 e. The Kier molecular flexibility index (Phi) is 15.0. The summed E-state index contributed by atoms with van der Waals surface area (Å²) < 4.78 is 5.32. The zero-order valence-corrected chi connectivity index (χ0v) is 28.9. The van der Waals surface area contributed by atoms with E-state index in [9.17, 15) is 38.7 Å². The fraction of sp³-hybridized carbons (Fsp3) is 0.629. The van der Waals surface area contributed by atoms with Gasteiger partial charge >= 0.3 is 12.1 Å². The van der Waals surface area contributed by atoms with Crippen molar-refractivity contribution in [3.05, 3.63) is 35.9 Å². The van der Waals surface area contributed by atoms with Crippen LogP contribution in [0.3, 0.4) is 0 Å². The first kappa shape index (κ1) is 39.0. The van der Waals surface area contributed by atoms with Gasteiger partial charge in [-0.15, -0.1) is 0 Å². The lowest BCUT2D eigenvalue weighted by Crippen LogP contribution is -2.59. The summed E-state index contributed by atoms with van der Waals surface area (Å²) in [5.41, 5.74) is 0.331. The van der Waals surface area contributed by atoms with Crippen LogP contribution in [0.2, 0.25) is 0 Å². The molecule has 1 saturated carbocycles. The van der Waals surface area contributed by atoms with Gasteiger partial charge in [-0.25, -0.2) is 9.59 Å². The molecule has 1 aliphatic carbocycles.